The number of hydrogen-bond donors (Lipinski definition) is 1. The predicted molar refractivity (Wildman–Crippen MR) is 192 cm³/mol. The van der Waals surface area contributed by atoms with E-state index in [9.17, 15) is 14.4 Å². The number of anilines is 1. The quantitative estimate of drug-likeness (QED) is 0.0405. The number of esters is 1. The molecular formula is C39H50N4O6. The summed E-state index contributed by atoms with van der Waals surface area (Å²) in [5.74, 6) is -0.763. The molecule has 1 unspecified atom stereocenters. The lowest BCUT2D eigenvalue weighted by Crippen LogP contribution is -2.33. The molecule has 4 rings (SSSR count). The maximum absolute atomic E-state index is 14.0. The molecule has 0 spiro atoms. The van der Waals surface area contributed by atoms with Crippen LogP contribution in [-0.4, -0.2) is 53.5 Å². The first-order chi connectivity index (χ1) is 23.9. The Morgan fingerprint density at radius 1 is 0.776 bits per heavy atom. The minimum absolute atomic E-state index is 0.223. The number of amides is 1. The summed E-state index contributed by atoms with van der Waals surface area (Å²) in [6.07, 6.45) is 14.7. The van der Waals surface area contributed by atoms with E-state index in [0.717, 1.165) is 24.8 Å². The lowest BCUT2D eigenvalue weighted by Gasteiger charge is -2.19. The van der Waals surface area contributed by atoms with Gasteiger partial charge < -0.3 is 19.5 Å². The highest BCUT2D eigenvalue weighted by Gasteiger charge is 2.33. The Balaban J connectivity index is 1.39. The first kappa shape index (κ1) is 37.1. The highest BCUT2D eigenvalue weighted by molar-refractivity contribution is 6.16. The lowest BCUT2D eigenvalue weighted by atomic mass is 10.0. The fraction of sp³-hybridized carbons (Fsp3) is 0.462. The van der Waals surface area contributed by atoms with Gasteiger partial charge in [-0.25, -0.2) is 9.48 Å². The molecule has 0 saturated heterocycles. The van der Waals surface area contributed by atoms with Crippen LogP contribution in [0.2, 0.25) is 0 Å². The van der Waals surface area contributed by atoms with Crippen molar-refractivity contribution >= 4 is 34.4 Å². The number of aryl methyl sites for hydroxylation is 1. The van der Waals surface area contributed by atoms with Crippen LogP contribution in [0.5, 0.6) is 11.5 Å². The number of hydrogen-bond acceptors (Lipinski definition) is 8. The lowest BCUT2D eigenvalue weighted by molar-refractivity contribution is -0.118. The number of rotatable bonds is 21. The van der Waals surface area contributed by atoms with Gasteiger partial charge in [-0.1, -0.05) is 94.9 Å². The zero-order valence-corrected chi connectivity index (χ0v) is 29.3. The fourth-order valence-electron chi connectivity index (χ4n) is 5.92. The number of benzene rings is 3. The van der Waals surface area contributed by atoms with Gasteiger partial charge in [-0.15, -0.1) is 5.10 Å². The molecule has 0 fully saturated rings. The van der Waals surface area contributed by atoms with Crippen LogP contribution >= 0.6 is 0 Å². The van der Waals surface area contributed by atoms with Crippen LogP contribution in [0.15, 0.2) is 60.7 Å². The van der Waals surface area contributed by atoms with E-state index in [2.05, 4.69) is 22.6 Å². The average Bonchev–Trinajstić information content (AvgIpc) is 3.55. The van der Waals surface area contributed by atoms with Crippen LogP contribution < -0.4 is 14.8 Å². The van der Waals surface area contributed by atoms with Gasteiger partial charge >= 0.3 is 5.97 Å². The maximum atomic E-state index is 14.0. The van der Waals surface area contributed by atoms with Crippen LogP contribution in [0.3, 0.4) is 0 Å². The first-order valence-corrected chi connectivity index (χ1v) is 17.5. The fourth-order valence-corrected chi connectivity index (χ4v) is 5.92. The Kier molecular flexibility index (Phi) is 14.6. The third-order valence-corrected chi connectivity index (χ3v) is 8.73. The van der Waals surface area contributed by atoms with E-state index >= 15 is 0 Å². The van der Waals surface area contributed by atoms with E-state index in [4.69, 9.17) is 14.2 Å². The first-order valence-electron chi connectivity index (χ1n) is 17.5. The number of para-hydroxylation sites is 1. The van der Waals surface area contributed by atoms with E-state index < -0.39 is 23.7 Å². The molecule has 49 heavy (non-hydrogen) atoms. The highest BCUT2D eigenvalue weighted by Crippen LogP contribution is 2.29. The van der Waals surface area contributed by atoms with E-state index in [1.807, 2.05) is 19.1 Å². The van der Waals surface area contributed by atoms with E-state index in [0.29, 0.717) is 34.7 Å². The summed E-state index contributed by atoms with van der Waals surface area (Å²) in [4.78, 5) is 41.0. The van der Waals surface area contributed by atoms with Crippen LogP contribution in [0.4, 0.5) is 5.69 Å². The summed E-state index contributed by atoms with van der Waals surface area (Å²) in [5, 5.41) is 11.3. The number of nitrogens with zero attached hydrogens (tertiary/aromatic N) is 3. The minimum Gasteiger partial charge on any atom is -0.497 e. The van der Waals surface area contributed by atoms with Crippen molar-refractivity contribution < 1.29 is 28.6 Å². The van der Waals surface area contributed by atoms with Crippen molar-refractivity contribution in [1.82, 2.24) is 15.0 Å². The Bertz CT molecular complexity index is 1670. The number of ketones is 1. The van der Waals surface area contributed by atoms with Crippen LogP contribution in [0.25, 0.3) is 11.0 Å². The molecule has 0 aliphatic rings. The van der Waals surface area contributed by atoms with Gasteiger partial charge in [0.05, 0.1) is 37.6 Å². The molecule has 0 aliphatic carbocycles. The SMILES string of the molecule is CCCCCCCCCCCCCCOC(=O)c1ccc(OC)c(NC(=O)C(C(=O)c2ccc(OC)cc2)n2nnc3cccc(C)c32)c1. The number of fused-ring (bicyclic) bond motifs is 1. The van der Waals surface area contributed by atoms with E-state index in [1.165, 1.54) is 82.8 Å². The molecule has 0 aliphatic heterocycles. The van der Waals surface area contributed by atoms with Gasteiger partial charge in [0.2, 0.25) is 0 Å². The number of carbonyl (C=O) groups excluding carboxylic acids is 3. The molecule has 1 atom stereocenters. The van der Waals surface area contributed by atoms with Crippen molar-refractivity contribution in [2.24, 2.45) is 0 Å². The summed E-state index contributed by atoms with van der Waals surface area (Å²) in [5.41, 5.74) is 2.69. The molecule has 4 aromatic rings. The summed E-state index contributed by atoms with van der Waals surface area (Å²) < 4.78 is 17.6. The zero-order chi connectivity index (χ0) is 35.0. The van der Waals surface area contributed by atoms with Gasteiger partial charge in [-0.05, 0) is 67.4 Å². The molecule has 3 aromatic carbocycles. The number of ether oxygens (including phenoxy) is 3. The van der Waals surface area contributed by atoms with Crippen molar-refractivity contribution in [2.75, 3.05) is 26.1 Å². The average molecular weight is 671 g/mol. The number of Topliss-reactive ketones (excluding diaryl/α,β-unsaturated/α-hetero) is 1. The van der Waals surface area contributed by atoms with Gasteiger partial charge in [0.1, 0.15) is 17.0 Å². The Morgan fingerprint density at radius 3 is 2.04 bits per heavy atom. The van der Waals surface area contributed by atoms with Crippen LogP contribution in [-0.2, 0) is 9.53 Å². The van der Waals surface area contributed by atoms with Gasteiger partial charge in [0, 0.05) is 5.56 Å². The third-order valence-electron chi connectivity index (χ3n) is 8.73. The second-order valence-corrected chi connectivity index (χ2v) is 12.4. The maximum Gasteiger partial charge on any atom is 0.338 e. The molecule has 10 heteroatoms. The molecular weight excluding hydrogens is 620 g/mol. The second kappa shape index (κ2) is 19.3. The molecule has 10 nitrogen and oxygen atoms in total. The van der Waals surface area contributed by atoms with Gasteiger partial charge in [-0.2, -0.15) is 0 Å². The molecule has 0 saturated carbocycles. The molecule has 0 bridgehead atoms. The number of nitrogens with one attached hydrogen (secondary N) is 1. The summed E-state index contributed by atoms with van der Waals surface area (Å²) >= 11 is 0. The normalized spacial score (nSPS) is 11.7. The predicted octanol–water partition coefficient (Wildman–Crippen LogP) is 8.68. The molecule has 1 heterocycles. The van der Waals surface area contributed by atoms with Crippen molar-refractivity contribution in [3.8, 4) is 11.5 Å². The smallest absolute Gasteiger partial charge is 0.338 e. The van der Waals surface area contributed by atoms with Crippen molar-refractivity contribution in [3.63, 3.8) is 0 Å². The standard InChI is InChI=1S/C39H50N4O6/c1-5-6-7-8-9-10-11-12-13-14-15-16-26-49-39(46)30-22-25-34(48-4)33(27-30)40-38(45)36(37(44)29-20-23-31(47-3)24-21-29)43-35-28(2)18-17-19-32(35)41-42-43/h17-25,27,36H,5-16,26H2,1-4H3,(H,40,45). The largest absolute Gasteiger partial charge is 0.497 e. The Hall–Kier alpha value is -4.73. The van der Waals surface area contributed by atoms with Gasteiger partial charge in [0.25, 0.3) is 5.91 Å². The Morgan fingerprint density at radius 2 is 1.41 bits per heavy atom. The molecule has 1 amide bonds. The Labute approximate surface area is 289 Å². The minimum atomic E-state index is -1.41. The molecule has 1 aromatic heterocycles. The van der Waals surface area contributed by atoms with Crippen molar-refractivity contribution in [2.45, 2.75) is 96.9 Å². The monoisotopic (exact) mass is 670 g/mol. The van der Waals surface area contributed by atoms with Crippen LogP contribution in [0, 0.1) is 6.92 Å². The number of methoxy groups -OCH3 is 2. The van der Waals surface area contributed by atoms with Gasteiger partial charge in [0.15, 0.2) is 11.8 Å². The highest BCUT2D eigenvalue weighted by atomic mass is 16.5. The number of carbonyl (C=O) groups is 3. The van der Waals surface area contributed by atoms with E-state index in [-0.39, 0.29) is 11.3 Å². The third kappa shape index (κ3) is 10.4. The summed E-state index contributed by atoms with van der Waals surface area (Å²) in [6, 6.07) is 15.3. The topological polar surface area (TPSA) is 122 Å². The molecule has 262 valence electrons. The van der Waals surface area contributed by atoms with Crippen molar-refractivity contribution in [3.05, 3.63) is 77.4 Å². The van der Waals surface area contributed by atoms with Crippen LogP contribution in [0.1, 0.15) is 116 Å². The zero-order valence-electron chi connectivity index (χ0n) is 29.3. The molecule has 1 N–H and O–H groups in total. The number of unbranched alkanes of at least 4 members (excludes halogenated alkanes) is 11. The summed E-state index contributed by atoms with van der Waals surface area (Å²) in [6.45, 7) is 4.43. The van der Waals surface area contributed by atoms with Gasteiger partial charge in [-0.3, -0.25) is 9.59 Å². The number of aromatic nitrogens is 3. The van der Waals surface area contributed by atoms with Crippen molar-refractivity contribution in [1.29, 1.82) is 0 Å². The van der Waals surface area contributed by atoms with E-state index in [1.54, 1.807) is 42.5 Å². The second-order valence-electron chi connectivity index (χ2n) is 12.4. The summed E-state index contributed by atoms with van der Waals surface area (Å²) in [7, 11) is 3.00. The molecule has 0 radical (unpaired) electrons.